The van der Waals surface area contributed by atoms with Crippen molar-refractivity contribution in [1.29, 1.82) is 0 Å². The van der Waals surface area contributed by atoms with Gasteiger partial charge in [-0.05, 0) is 24.3 Å². The second-order valence-electron chi connectivity index (χ2n) is 5.89. The van der Waals surface area contributed by atoms with Gasteiger partial charge in [0, 0.05) is 18.7 Å². The average molecular weight is 415 g/mol. The van der Waals surface area contributed by atoms with Crippen LogP contribution in [0.2, 0.25) is 0 Å². The number of nitrogens with zero attached hydrogens (tertiary/aromatic N) is 1. The van der Waals surface area contributed by atoms with Crippen LogP contribution in [0.25, 0.3) is 0 Å². The van der Waals surface area contributed by atoms with Crippen LogP contribution in [0, 0.1) is 0 Å². The zero-order chi connectivity index (χ0) is 19.7. The quantitative estimate of drug-likeness (QED) is 0.746. The van der Waals surface area contributed by atoms with E-state index in [1.54, 1.807) is 35.2 Å². The van der Waals surface area contributed by atoms with Crippen molar-refractivity contribution in [2.24, 2.45) is 0 Å². The van der Waals surface area contributed by atoms with Gasteiger partial charge >= 0.3 is 0 Å². The first kappa shape index (κ1) is 19.4. The molecule has 1 heterocycles. The lowest BCUT2D eigenvalue weighted by Gasteiger charge is -2.30. The van der Waals surface area contributed by atoms with Crippen LogP contribution in [-0.4, -0.2) is 43.0 Å². The molecule has 0 saturated heterocycles. The summed E-state index contributed by atoms with van der Waals surface area (Å²) in [5.74, 6) is 0.572. The van der Waals surface area contributed by atoms with Gasteiger partial charge < -0.3 is 9.64 Å². The maximum atomic E-state index is 12.7. The Labute approximate surface area is 157 Å². The summed E-state index contributed by atoms with van der Waals surface area (Å²) in [5, 5.41) is 0. The molecule has 0 aliphatic carbocycles. The summed E-state index contributed by atoms with van der Waals surface area (Å²) in [4.78, 5) is 1.57. The van der Waals surface area contributed by atoms with E-state index in [4.69, 9.17) is 4.74 Å². The molecule has 3 rings (SSSR count). The summed E-state index contributed by atoms with van der Waals surface area (Å²) in [7, 11) is -7.16. The van der Waals surface area contributed by atoms with E-state index in [1.807, 2.05) is 0 Å². The van der Waals surface area contributed by atoms with Crippen LogP contribution in [0.1, 0.15) is 0 Å². The number of ether oxygens (including phenoxy) is 1. The first-order valence-corrected chi connectivity index (χ1v) is 11.3. The molecular formula is C16H18FN3O5S2. The molecule has 2 aromatic rings. The molecule has 1 aliphatic heterocycles. The largest absolute Gasteiger partial charge is 0.457 e. The van der Waals surface area contributed by atoms with Crippen LogP contribution < -0.4 is 19.1 Å². The molecule has 0 unspecified atom stereocenters. The van der Waals surface area contributed by atoms with E-state index in [-0.39, 0.29) is 23.9 Å². The smallest absolute Gasteiger partial charge is 0.244 e. The third kappa shape index (κ3) is 4.67. The number of hydrogen-bond acceptors (Lipinski definition) is 6. The van der Waals surface area contributed by atoms with Gasteiger partial charge in [0.2, 0.25) is 20.0 Å². The highest BCUT2D eigenvalue weighted by atomic mass is 32.2. The number of rotatable bonds is 6. The van der Waals surface area contributed by atoms with Crippen molar-refractivity contribution in [2.75, 3.05) is 35.8 Å². The molecule has 146 valence electrons. The number of halogens is 1. The molecule has 8 nitrogen and oxygen atoms in total. The van der Waals surface area contributed by atoms with E-state index >= 15 is 0 Å². The summed E-state index contributed by atoms with van der Waals surface area (Å²) in [5.41, 5.74) is 0.711. The Morgan fingerprint density at radius 2 is 1.96 bits per heavy atom. The van der Waals surface area contributed by atoms with Crippen LogP contribution in [0.3, 0.4) is 0 Å². The summed E-state index contributed by atoms with van der Waals surface area (Å²) in [6, 6.07) is 10.7. The summed E-state index contributed by atoms with van der Waals surface area (Å²) < 4.78 is 70.3. The zero-order valence-electron chi connectivity index (χ0n) is 14.3. The fourth-order valence-corrected chi connectivity index (χ4v) is 4.42. The topological polar surface area (TPSA) is 105 Å². The molecule has 27 heavy (non-hydrogen) atoms. The average Bonchev–Trinajstić information content (AvgIpc) is 2.57. The monoisotopic (exact) mass is 415 g/mol. The SMILES string of the molecule is CS(=O)(=O)Nc1cccc(Oc2ccc3c(c2)S(=O)(=O)NCN3CCF)c1. The number of alkyl halides is 1. The van der Waals surface area contributed by atoms with Gasteiger partial charge in [0.15, 0.2) is 0 Å². The van der Waals surface area contributed by atoms with E-state index in [9.17, 15) is 21.2 Å². The van der Waals surface area contributed by atoms with Crippen LogP contribution >= 0.6 is 0 Å². The number of hydrogen-bond donors (Lipinski definition) is 2. The van der Waals surface area contributed by atoms with Crippen molar-refractivity contribution in [2.45, 2.75) is 4.90 Å². The van der Waals surface area contributed by atoms with Crippen LogP contribution in [0.4, 0.5) is 15.8 Å². The lowest BCUT2D eigenvalue weighted by molar-refractivity contribution is 0.476. The molecule has 0 aromatic heterocycles. The summed E-state index contributed by atoms with van der Waals surface area (Å²) in [6.45, 7) is -0.548. The van der Waals surface area contributed by atoms with E-state index < -0.39 is 26.7 Å². The van der Waals surface area contributed by atoms with E-state index in [2.05, 4.69) is 9.44 Å². The Balaban J connectivity index is 1.90. The molecule has 0 fully saturated rings. The Hall–Kier alpha value is -2.37. The highest BCUT2D eigenvalue weighted by Gasteiger charge is 2.28. The molecule has 11 heteroatoms. The highest BCUT2D eigenvalue weighted by molar-refractivity contribution is 7.92. The Kier molecular flexibility index (Phi) is 5.27. The van der Waals surface area contributed by atoms with Crippen molar-refractivity contribution in [3.63, 3.8) is 0 Å². The summed E-state index contributed by atoms with van der Waals surface area (Å²) in [6.07, 6.45) is 1.03. The number of sulfonamides is 2. The van der Waals surface area contributed by atoms with Crippen molar-refractivity contribution in [3.8, 4) is 11.5 Å². The van der Waals surface area contributed by atoms with Gasteiger partial charge in [-0.2, -0.15) is 4.72 Å². The molecular weight excluding hydrogens is 397 g/mol. The van der Waals surface area contributed by atoms with Crippen molar-refractivity contribution in [1.82, 2.24) is 4.72 Å². The van der Waals surface area contributed by atoms with E-state index in [0.29, 0.717) is 17.1 Å². The van der Waals surface area contributed by atoms with Crippen LogP contribution in [-0.2, 0) is 20.0 Å². The molecule has 2 N–H and O–H groups in total. The Morgan fingerprint density at radius 3 is 2.67 bits per heavy atom. The molecule has 2 aromatic carbocycles. The van der Waals surface area contributed by atoms with Gasteiger partial charge in [-0.1, -0.05) is 6.07 Å². The molecule has 0 spiro atoms. The minimum atomic E-state index is -3.73. The molecule has 1 aliphatic rings. The maximum Gasteiger partial charge on any atom is 0.244 e. The maximum absolute atomic E-state index is 12.7. The zero-order valence-corrected chi connectivity index (χ0v) is 16.0. The fraction of sp³-hybridized carbons (Fsp3) is 0.250. The normalized spacial score (nSPS) is 15.9. The Bertz CT molecular complexity index is 1060. The van der Waals surface area contributed by atoms with Gasteiger partial charge in [-0.25, -0.2) is 21.2 Å². The Morgan fingerprint density at radius 1 is 1.22 bits per heavy atom. The van der Waals surface area contributed by atoms with Crippen LogP contribution in [0.5, 0.6) is 11.5 Å². The second-order valence-corrected chi connectivity index (χ2v) is 9.38. The van der Waals surface area contributed by atoms with E-state index in [1.165, 1.54) is 12.1 Å². The lowest BCUT2D eigenvalue weighted by atomic mass is 10.2. The van der Waals surface area contributed by atoms with Crippen molar-refractivity contribution >= 4 is 31.4 Å². The number of fused-ring (bicyclic) bond motifs is 1. The van der Waals surface area contributed by atoms with Crippen LogP contribution in [0.15, 0.2) is 47.4 Å². The van der Waals surface area contributed by atoms with Gasteiger partial charge in [-0.15, -0.1) is 0 Å². The summed E-state index contributed by atoms with van der Waals surface area (Å²) >= 11 is 0. The highest BCUT2D eigenvalue weighted by Crippen LogP contribution is 2.34. The molecule has 0 radical (unpaired) electrons. The van der Waals surface area contributed by atoms with Gasteiger partial charge in [0.1, 0.15) is 23.1 Å². The fourth-order valence-electron chi connectivity index (χ4n) is 2.64. The minimum absolute atomic E-state index is 0.00133. The molecule has 0 bridgehead atoms. The molecule has 0 saturated carbocycles. The second kappa shape index (κ2) is 7.33. The van der Waals surface area contributed by atoms with Gasteiger partial charge in [0.25, 0.3) is 0 Å². The van der Waals surface area contributed by atoms with E-state index in [0.717, 1.165) is 6.26 Å². The minimum Gasteiger partial charge on any atom is -0.457 e. The molecule has 0 atom stereocenters. The molecule has 0 amide bonds. The first-order valence-electron chi connectivity index (χ1n) is 7.88. The standard InChI is InChI=1S/C16H18FN3O5S2/c1-26(21,22)19-12-3-2-4-13(9-12)25-14-5-6-15-16(10-14)27(23,24)18-11-20(15)8-7-17/h2-6,9-10,18-19H,7-8,11H2,1H3. The first-order chi connectivity index (χ1) is 12.7. The van der Waals surface area contributed by atoms with Crippen molar-refractivity contribution in [3.05, 3.63) is 42.5 Å². The lowest BCUT2D eigenvalue weighted by Crippen LogP contribution is -2.44. The van der Waals surface area contributed by atoms with Gasteiger partial charge in [0.05, 0.1) is 24.3 Å². The third-order valence-electron chi connectivity index (χ3n) is 3.73. The number of anilines is 2. The predicted molar refractivity (Wildman–Crippen MR) is 99.9 cm³/mol. The number of benzene rings is 2. The van der Waals surface area contributed by atoms with Gasteiger partial charge in [-0.3, -0.25) is 4.72 Å². The third-order valence-corrected chi connectivity index (χ3v) is 5.76. The van der Waals surface area contributed by atoms with Crippen molar-refractivity contribution < 1.29 is 26.0 Å². The number of nitrogens with one attached hydrogen (secondary N) is 2. The predicted octanol–water partition coefficient (Wildman–Crippen LogP) is 1.88.